The number of benzene rings is 1. The Labute approximate surface area is 109 Å². The topological polar surface area (TPSA) is 107 Å². The lowest BCUT2D eigenvalue weighted by atomic mass is 9.82. The standard InChI is InChI=1S/C13H15NO5/c15-10-4-2-1-3-7(10)9-6-14-12(13(18)19)8(9)5-11(16)17/h1-4,8-9,12,14-15H,5-6H2,(H,16,17)(H,18,19)/t8-,9-,12+/m1/s1. The number of carboxylic acids is 2. The first-order valence-electron chi connectivity index (χ1n) is 5.96. The van der Waals surface area contributed by atoms with Crippen molar-refractivity contribution < 1.29 is 24.9 Å². The lowest BCUT2D eigenvalue weighted by molar-refractivity contribution is -0.142. The summed E-state index contributed by atoms with van der Waals surface area (Å²) in [5, 5.41) is 30.7. The third-order valence-electron chi connectivity index (χ3n) is 3.52. The Morgan fingerprint density at radius 2 is 1.95 bits per heavy atom. The van der Waals surface area contributed by atoms with E-state index in [9.17, 15) is 14.7 Å². The first-order chi connectivity index (χ1) is 9.00. The number of phenols is 1. The number of aromatic hydroxyl groups is 1. The summed E-state index contributed by atoms with van der Waals surface area (Å²) in [5.74, 6) is -2.94. The minimum absolute atomic E-state index is 0.0655. The van der Waals surface area contributed by atoms with Crippen molar-refractivity contribution >= 4 is 11.9 Å². The van der Waals surface area contributed by atoms with Crippen LogP contribution in [-0.4, -0.2) is 39.8 Å². The van der Waals surface area contributed by atoms with Crippen LogP contribution in [0.3, 0.4) is 0 Å². The van der Waals surface area contributed by atoms with E-state index < -0.39 is 23.9 Å². The van der Waals surface area contributed by atoms with Gasteiger partial charge in [-0.15, -0.1) is 0 Å². The Bertz CT molecular complexity index is 502. The lowest BCUT2D eigenvalue weighted by Gasteiger charge is -2.21. The van der Waals surface area contributed by atoms with Crippen LogP contribution in [0.4, 0.5) is 0 Å². The van der Waals surface area contributed by atoms with E-state index in [1.807, 2.05) is 0 Å². The highest BCUT2D eigenvalue weighted by atomic mass is 16.4. The van der Waals surface area contributed by atoms with Gasteiger partial charge in [0.2, 0.25) is 0 Å². The molecule has 0 amide bonds. The summed E-state index contributed by atoms with van der Waals surface area (Å²) in [7, 11) is 0. The zero-order valence-corrected chi connectivity index (χ0v) is 10.1. The summed E-state index contributed by atoms with van der Waals surface area (Å²) >= 11 is 0. The molecule has 0 aromatic heterocycles. The van der Waals surface area contributed by atoms with E-state index in [4.69, 9.17) is 10.2 Å². The molecule has 1 saturated heterocycles. The molecule has 1 heterocycles. The lowest BCUT2D eigenvalue weighted by Crippen LogP contribution is -2.36. The molecule has 3 atom stereocenters. The number of aliphatic carboxylic acids is 2. The predicted octanol–water partition coefficient (Wildman–Crippen LogP) is 0.623. The summed E-state index contributed by atoms with van der Waals surface area (Å²) in [5.41, 5.74) is 0.588. The van der Waals surface area contributed by atoms with Crippen molar-refractivity contribution in [3.8, 4) is 5.75 Å². The first kappa shape index (κ1) is 13.4. The molecule has 0 bridgehead atoms. The van der Waals surface area contributed by atoms with Gasteiger partial charge in [-0.2, -0.15) is 0 Å². The van der Waals surface area contributed by atoms with Gasteiger partial charge in [0.1, 0.15) is 11.8 Å². The number of para-hydroxylation sites is 1. The van der Waals surface area contributed by atoms with Crippen LogP contribution >= 0.6 is 0 Å². The van der Waals surface area contributed by atoms with Gasteiger partial charge >= 0.3 is 11.9 Å². The Hall–Kier alpha value is -2.08. The summed E-state index contributed by atoms with van der Waals surface area (Å²) in [6, 6.07) is 5.71. The Kier molecular flexibility index (Phi) is 3.71. The molecule has 1 aromatic rings. The Balaban J connectivity index is 2.31. The fourth-order valence-corrected chi connectivity index (χ4v) is 2.66. The summed E-state index contributed by atoms with van der Waals surface area (Å²) in [4.78, 5) is 22.0. The van der Waals surface area contributed by atoms with Gasteiger partial charge in [-0.3, -0.25) is 9.59 Å². The average molecular weight is 265 g/mol. The third kappa shape index (κ3) is 2.68. The quantitative estimate of drug-likeness (QED) is 0.636. The van der Waals surface area contributed by atoms with Crippen LogP contribution in [0.5, 0.6) is 5.75 Å². The molecule has 2 rings (SSSR count). The normalized spacial score (nSPS) is 26.2. The maximum absolute atomic E-state index is 11.1. The van der Waals surface area contributed by atoms with E-state index >= 15 is 0 Å². The second-order valence-electron chi connectivity index (χ2n) is 4.65. The molecule has 1 fully saturated rings. The maximum atomic E-state index is 11.1. The Morgan fingerprint density at radius 1 is 1.26 bits per heavy atom. The van der Waals surface area contributed by atoms with Gasteiger partial charge in [0.15, 0.2) is 0 Å². The van der Waals surface area contributed by atoms with E-state index in [2.05, 4.69) is 5.32 Å². The molecule has 1 aromatic carbocycles. The van der Waals surface area contributed by atoms with Crippen LogP contribution < -0.4 is 5.32 Å². The van der Waals surface area contributed by atoms with Gasteiger partial charge < -0.3 is 20.6 Å². The molecule has 1 aliphatic heterocycles. The molecule has 19 heavy (non-hydrogen) atoms. The Morgan fingerprint density at radius 3 is 2.53 bits per heavy atom. The maximum Gasteiger partial charge on any atom is 0.321 e. The minimum atomic E-state index is -1.07. The van der Waals surface area contributed by atoms with Crippen LogP contribution in [0.1, 0.15) is 17.9 Å². The van der Waals surface area contributed by atoms with Gasteiger partial charge in [-0.05, 0) is 11.6 Å². The van der Waals surface area contributed by atoms with E-state index in [0.717, 1.165) is 0 Å². The average Bonchev–Trinajstić information content (AvgIpc) is 2.72. The summed E-state index contributed by atoms with van der Waals surface area (Å²) in [6.07, 6.45) is -0.247. The zero-order chi connectivity index (χ0) is 14.0. The third-order valence-corrected chi connectivity index (χ3v) is 3.52. The highest BCUT2D eigenvalue weighted by Gasteiger charge is 2.42. The molecule has 0 unspecified atom stereocenters. The molecule has 0 aliphatic carbocycles. The first-order valence-corrected chi connectivity index (χ1v) is 5.96. The smallest absolute Gasteiger partial charge is 0.321 e. The van der Waals surface area contributed by atoms with E-state index in [1.54, 1.807) is 18.2 Å². The number of carbonyl (C=O) groups is 2. The minimum Gasteiger partial charge on any atom is -0.508 e. The molecular formula is C13H15NO5. The highest BCUT2D eigenvalue weighted by Crippen LogP contribution is 2.38. The van der Waals surface area contributed by atoms with Gasteiger partial charge in [-0.25, -0.2) is 0 Å². The van der Waals surface area contributed by atoms with Crippen LogP contribution in [0, 0.1) is 5.92 Å². The fourth-order valence-electron chi connectivity index (χ4n) is 2.66. The molecule has 4 N–H and O–H groups in total. The number of phenolic OH excluding ortho intramolecular Hbond substituents is 1. The van der Waals surface area contributed by atoms with Crippen molar-refractivity contribution in [2.45, 2.75) is 18.4 Å². The molecule has 102 valence electrons. The molecule has 6 nitrogen and oxygen atoms in total. The molecule has 0 saturated carbocycles. The van der Waals surface area contributed by atoms with E-state index in [-0.39, 0.29) is 18.1 Å². The van der Waals surface area contributed by atoms with Crippen LogP contribution in [-0.2, 0) is 9.59 Å². The number of hydrogen-bond donors (Lipinski definition) is 4. The van der Waals surface area contributed by atoms with Gasteiger partial charge in [-0.1, -0.05) is 18.2 Å². The van der Waals surface area contributed by atoms with Crippen LogP contribution in [0.25, 0.3) is 0 Å². The summed E-state index contributed by atoms with van der Waals surface area (Å²) < 4.78 is 0. The molecule has 0 radical (unpaired) electrons. The highest BCUT2D eigenvalue weighted by molar-refractivity contribution is 5.77. The van der Waals surface area contributed by atoms with Crippen LogP contribution in [0.2, 0.25) is 0 Å². The summed E-state index contributed by atoms with van der Waals surface area (Å²) in [6.45, 7) is 0.340. The fraction of sp³-hybridized carbons (Fsp3) is 0.385. The molecular weight excluding hydrogens is 250 g/mol. The SMILES string of the molecule is O=C(O)C[C@H]1[C@@H](C(=O)O)NC[C@@H]1c1ccccc1O. The van der Waals surface area contributed by atoms with Gasteiger partial charge in [0.25, 0.3) is 0 Å². The number of rotatable bonds is 4. The number of carboxylic acid groups (broad SMARTS) is 2. The number of hydrogen-bond acceptors (Lipinski definition) is 4. The molecule has 1 aliphatic rings. The van der Waals surface area contributed by atoms with E-state index in [1.165, 1.54) is 6.07 Å². The van der Waals surface area contributed by atoms with Gasteiger partial charge in [0.05, 0.1) is 6.42 Å². The van der Waals surface area contributed by atoms with E-state index in [0.29, 0.717) is 12.1 Å². The van der Waals surface area contributed by atoms with Crippen molar-refractivity contribution in [2.75, 3.05) is 6.54 Å². The second kappa shape index (κ2) is 5.27. The van der Waals surface area contributed by atoms with Crippen molar-refractivity contribution in [3.63, 3.8) is 0 Å². The number of nitrogens with one attached hydrogen (secondary N) is 1. The monoisotopic (exact) mass is 265 g/mol. The largest absolute Gasteiger partial charge is 0.508 e. The van der Waals surface area contributed by atoms with Crippen molar-refractivity contribution in [3.05, 3.63) is 29.8 Å². The second-order valence-corrected chi connectivity index (χ2v) is 4.65. The van der Waals surface area contributed by atoms with Crippen molar-refractivity contribution in [1.29, 1.82) is 0 Å². The van der Waals surface area contributed by atoms with Crippen molar-refractivity contribution in [2.24, 2.45) is 5.92 Å². The van der Waals surface area contributed by atoms with Crippen molar-refractivity contribution in [1.82, 2.24) is 5.32 Å². The zero-order valence-electron chi connectivity index (χ0n) is 10.1. The molecule has 6 heteroatoms. The molecule has 0 spiro atoms. The van der Waals surface area contributed by atoms with Gasteiger partial charge in [0, 0.05) is 18.4 Å². The van der Waals surface area contributed by atoms with Crippen LogP contribution in [0.15, 0.2) is 24.3 Å². The predicted molar refractivity (Wildman–Crippen MR) is 66.0 cm³/mol.